The SMILES string of the molecule is Cc1cccc(-n2c(SCC(=O)NC(=O)Cc3ccccc3)nc3sc(C)c(C)c3c2=O)c1C. The summed E-state index contributed by atoms with van der Waals surface area (Å²) in [6.45, 7) is 7.87. The van der Waals surface area contributed by atoms with E-state index >= 15 is 0 Å². The lowest BCUT2D eigenvalue weighted by molar-refractivity contribution is -0.128. The van der Waals surface area contributed by atoms with Crippen molar-refractivity contribution in [2.75, 3.05) is 5.75 Å². The molecule has 0 aliphatic carbocycles. The van der Waals surface area contributed by atoms with Crippen LogP contribution in [0.15, 0.2) is 58.5 Å². The van der Waals surface area contributed by atoms with Gasteiger partial charge in [-0.1, -0.05) is 54.2 Å². The Morgan fingerprint density at radius 3 is 2.44 bits per heavy atom. The molecule has 8 heteroatoms. The normalized spacial score (nSPS) is 11.1. The summed E-state index contributed by atoms with van der Waals surface area (Å²) in [5.41, 5.74) is 4.38. The van der Waals surface area contributed by atoms with E-state index in [-0.39, 0.29) is 23.6 Å². The summed E-state index contributed by atoms with van der Waals surface area (Å²) in [5, 5.41) is 3.47. The van der Waals surface area contributed by atoms with Gasteiger partial charge in [0.1, 0.15) is 4.83 Å². The van der Waals surface area contributed by atoms with Crippen molar-refractivity contribution in [2.24, 2.45) is 0 Å². The molecule has 0 unspecified atom stereocenters. The fraction of sp³-hybridized carbons (Fsp3) is 0.231. The van der Waals surface area contributed by atoms with E-state index in [9.17, 15) is 14.4 Å². The highest BCUT2D eigenvalue weighted by Crippen LogP contribution is 2.30. The number of aromatic nitrogens is 2. The van der Waals surface area contributed by atoms with E-state index in [0.29, 0.717) is 15.4 Å². The van der Waals surface area contributed by atoms with Crippen LogP contribution in [-0.4, -0.2) is 27.1 Å². The van der Waals surface area contributed by atoms with Crippen LogP contribution in [0.25, 0.3) is 15.9 Å². The molecule has 2 aromatic heterocycles. The largest absolute Gasteiger partial charge is 0.295 e. The number of hydrogen-bond acceptors (Lipinski definition) is 6. The van der Waals surface area contributed by atoms with Crippen LogP contribution in [0.5, 0.6) is 0 Å². The Morgan fingerprint density at radius 1 is 0.971 bits per heavy atom. The van der Waals surface area contributed by atoms with Crippen molar-refractivity contribution < 1.29 is 9.59 Å². The Labute approximate surface area is 206 Å². The number of thioether (sulfide) groups is 1. The van der Waals surface area contributed by atoms with Gasteiger partial charge in [0.2, 0.25) is 11.8 Å². The molecule has 2 amide bonds. The molecule has 1 N–H and O–H groups in total. The molecule has 0 aliphatic rings. The van der Waals surface area contributed by atoms with Crippen molar-refractivity contribution in [3.8, 4) is 5.69 Å². The van der Waals surface area contributed by atoms with Crippen molar-refractivity contribution in [1.82, 2.24) is 14.9 Å². The number of benzene rings is 2. The van der Waals surface area contributed by atoms with E-state index in [1.165, 1.54) is 11.3 Å². The second kappa shape index (κ2) is 9.95. The lowest BCUT2D eigenvalue weighted by atomic mass is 10.1. The van der Waals surface area contributed by atoms with Gasteiger partial charge in [0.05, 0.1) is 23.2 Å². The summed E-state index contributed by atoms with van der Waals surface area (Å²) in [6, 6.07) is 15.0. The number of carbonyl (C=O) groups excluding carboxylic acids is 2. The van der Waals surface area contributed by atoms with E-state index in [1.807, 2.05) is 76.2 Å². The average molecular weight is 492 g/mol. The number of carbonyl (C=O) groups is 2. The number of nitrogens with zero attached hydrogens (tertiary/aromatic N) is 2. The zero-order valence-electron chi connectivity index (χ0n) is 19.5. The molecule has 0 aliphatic heterocycles. The Morgan fingerprint density at radius 2 is 1.71 bits per heavy atom. The zero-order valence-corrected chi connectivity index (χ0v) is 21.1. The molecule has 2 aromatic carbocycles. The van der Waals surface area contributed by atoms with Crippen molar-refractivity contribution in [2.45, 2.75) is 39.3 Å². The third-order valence-electron chi connectivity index (χ3n) is 5.81. The van der Waals surface area contributed by atoms with E-state index in [0.717, 1.165) is 44.6 Å². The van der Waals surface area contributed by atoms with Crippen molar-refractivity contribution in [1.29, 1.82) is 0 Å². The summed E-state index contributed by atoms with van der Waals surface area (Å²) in [5.74, 6) is -0.824. The molecular weight excluding hydrogens is 466 g/mol. The first-order valence-corrected chi connectivity index (χ1v) is 12.6. The monoisotopic (exact) mass is 491 g/mol. The summed E-state index contributed by atoms with van der Waals surface area (Å²) in [7, 11) is 0. The quantitative estimate of drug-likeness (QED) is 0.313. The minimum absolute atomic E-state index is 0.0350. The summed E-state index contributed by atoms with van der Waals surface area (Å²) in [4.78, 5) is 44.9. The molecule has 0 fully saturated rings. The Hall–Kier alpha value is -3.23. The van der Waals surface area contributed by atoms with Gasteiger partial charge < -0.3 is 0 Å². The van der Waals surface area contributed by atoms with Crippen LogP contribution in [0.4, 0.5) is 0 Å². The maximum Gasteiger partial charge on any atom is 0.267 e. The number of amides is 2. The summed E-state index contributed by atoms with van der Waals surface area (Å²) < 4.78 is 1.59. The van der Waals surface area contributed by atoms with Gasteiger partial charge in [0, 0.05) is 4.88 Å². The van der Waals surface area contributed by atoms with E-state index < -0.39 is 5.91 Å². The molecule has 0 atom stereocenters. The van der Waals surface area contributed by atoms with Crippen LogP contribution in [0.1, 0.15) is 27.1 Å². The van der Waals surface area contributed by atoms with E-state index in [2.05, 4.69) is 5.32 Å². The molecule has 34 heavy (non-hydrogen) atoms. The Balaban J connectivity index is 1.64. The predicted molar refractivity (Wildman–Crippen MR) is 138 cm³/mol. The zero-order chi connectivity index (χ0) is 24.4. The van der Waals surface area contributed by atoms with Crippen molar-refractivity contribution in [3.63, 3.8) is 0 Å². The molecule has 2 heterocycles. The van der Waals surface area contributed by atoms with Gasteiger partial charge in [-0.25, -0.2) is 4.98 Å². The fourth-order valence-corrected chi connectivity index (χ4v) is 5.59. The van der Waals surface area contributed by atoms with Crippen LogP contribution >= 0.6 is 23.1 Å². The Bertz CT molecular complexity index is 1460. The summed E-state index contributed by atoms with van der Waals surface area (Å²) in [6.07, 6.45) is 0.127. The molecule has 0 saturated carbocycles. The number of rotatable bonds is 6. The number of hydrogen-bond donors (Lipinski definition) is 1. The number of nitrogens with one attached hydrogen (secondary N) is 1. The molecule has 174 valence electrons. The molecule has 0 spiro atoms. The maximum atomic E-state index is 13.6. The highest BCUT2D eigenvalue weighted by Gasteiger charge is 2.20. The number of aryl methyl sites for hydroxylation is 3. The smallest absolute Gasteiger partial charge is 0.267 e. The van der Waals surface area contributed by atoms with Gasteiger partial charge in [0.25, 0.3) is 5.56 Å². The molecule has 0 bridgehead atoms. The highest BCUT2D eigenvalue weighted by atomic mass is 32.2. The van der Waals surface area contributed by atoms with E-state index in [1.54, 1.807) is 4.57 Å². The highest BCUT2D eigenvalue weighted by molar-refractivity contribution is 7.99. The second-order valence-electron chi connectivity index (χ2n) is 8.14. The molecule has 0 radical (unpaired) electrons. The second-order valence-corrected chi connectivity index (χ2v) is 10.3. The van der Waals surface area contributed by atoms with Crippen LogP contribution in [0.2, 0.25) is 0 Å². The van der Waals surface area contributed by atoms with Gasteiger partial charge in [0.15, 0.2) is 5.16 Å². The van der Waals surface area contributed by atoms with Crippen molar-refractivity contribution >= 4 is 45.1 Å². The maximum absolute atomic E-state index is 13.6. The van der Waals surface area contributed by atoms with Crippen LogP contribution in [-0.2, 0) is 16.0 Å². The first-order valence-electron chi connectivity index (χ1n) is 10.8. The molecule has 4 rings (SSSR count). The average Bonchev–Trinajstić information content (AvgIpc) is 3.09. The fourth-order valence-electron chi connectivity index (χ4n) is 3.71. The van der Waals surface area contributed by atoms with Crippen LogP contribution < -0.4 is 10.9 Å². The van der Waals surface area contributed by atoms with Gasteiger partial charge in [-0.15, -0.1) is 11.3 Å². The predicted octanol–water partition coefficient (Wildman–Crippen LogP) is 4.66. The lowest BCUT2D eigenvalue weighted by Crippen LogP contribution is -2.33. The minimum Gasteiger partial charge on any atom is -0.295 e. The number of imide groups is 1. The van der Waals surface area contributed by atoms with Crippen molar-refractivity contribution in [3.05, 3.63) is 86.0 Å². The Kier molecular flexibility index (Phi) is 7.00. The third kappa shape index (κ3) is 4.83. The first-order chi connectivity index (χ1) is 16.3. The van der Waals surface area contributed by atoms with Crippen LogP contribution in [0.3, 0.4) is 0 Å². The number of fused-ring (bicyclic) bond motifs is 1. The van der Waals surface area contributed by atoms with Gasteiger partial charge in [-0.3, -0.25) is 24.3 Å². The van der Waals surface area contributed by atoms with Gasteiger partial charge in [-0.05, 0) is 56.0 Å². The van der Waals surface area contributed by atoms with E-state index in [4.69, 9.17) is 4.98 Å². The van der Waals surface area contributed by atoms with Gasteiger partial charge in [-0.2, -0.15) is 0 Å². The first kappa shape index (κ1) is 23.9. The molecule has 4 aromatic rings. The standard InChI is InChI=1S/C26H25N3O3S2/c1-15-9-8-12-20(16(15)2)29-25(32)23-17(3)18(4)34-24(23)28-26(29)33-14-22(31)27-21(30)13-19-10-6-5-7-11-19/h5-12H,13-14H2,1-4H3,(H,27,30,31). The number of thiophene rings is 1. The molecular formula is C26H25N3O3S2. The lowest BCUT2D eigenvalue weighted by Gasteiger charge is -2.15. The van der Waals surface area contributed by atoms with Crippen LogP contribution in [0, 0.1) is 27.7 Å². The van der Waals surface area contributed by atoms with Gasteiger partial charge >= 0.3 is 0 Å². The molecule has 6 nitrogen and oxygen atoms in total. The third-order valence-corrected chi connectivity index (χ3v) is 7.85. The topological polar surface area (TPSA) is 81.1 Å². The minimum atomic E-state index is -0.425. The molecule has 0 saturated heterocycles. The summed E-state index contributed by atoms with van der Waals surface area (Å²) >= 11 is 2.62.